The van der Waals surface area contributed by atoms with Crippen molar-refractivity contribution in [3.63, 3.8) is 0 Å². The standard InChI is InChI=1S/C24H23ClN4O2S/c1-3-15-6-4-5-7-19(15)26-21(30)13-29(2)12-20-27-23(31)22-18(14-32-24(22)28-20)16-8-10-17(25)11-9-16/h4-11,14H,3,12-13H2,1-2H3,(H,26,30)(H,27,28,31). The summed E-state index contributed by atoms with van der Waals surface area (Å²) in [6, 6.07) is 15.1. The number of aryl methyl sites for hydroxylation is 1. The van der Waals surface area contributed by atoms with Crippen LogP contribution in [0.25, 0.3) is 21.3 Å². The van der Waals surface area contributed by atoms with Crippen molar-refractivity contribution in [3.8, 4) is 11.1 Å². The minimum atomic E-state index is -0.189. The molecule has 0 aliphatic carbocycles. The van der Waals surface area contributed by atoms with Crippen molar-refractivity contribution in [1.82, 2.24) is 14.9 Å². The molecule has 0 fully saturated rings. The molecule has 0 bridgehead atoms. The summed E-state index contributed by atoms with van der Waals surface area (Å²) < 4.78 is 0. The summed E-state index contributed by atoms with van der Waals surface area (Å²) in [5.74, 6) is 0.411. The Hall–Kier alpha value is -3.00. The highest BCUT2D eigenvalue weighted by Crippen LogP contribution is 2.31. The van der Waals surface area contributed by atoms with E-state index in [0.717, 1.165) is 28.8 Å². The first-order valence-corrected chi connectivity index (χ1v) is 11.5. The lowest BCUT2D eigenvalue weighted by molar-refractivity contribution is -0.117. The number of anilines is 1. The first kappa shape index (κ1) is 22.2. The first-order chi connectivity index (χ1) is 15.4. The number of hydrogen-bond donors (Lipinski definition) is 2. The van der Waals surface area contributed by atoms with Gasteiger partial charge in [-0.05, 0) is 42.8 Å². The number of benzene rings is 2. The summed E-state index contributed by atoms with van der Waals surface area (Å²) >= 11 is 7.40. The van der Waals surface area contributed by atoms with Gasteiger partial charge in [-0.1, -0.05) is 48.9 Å². The molecule has 2 heterocycles. The second-order valence-corrected chi connectivity index (χ2v) is 8.87. The molecule has 0 unspecified atom stereocenters. The number of nitrogens with one attached hydrogen (secondary N) is 2. The van der Waals surface area contributed by atoms with E-state index in [4.69, 9.17) is 11.6 Å². The van der Waals surface area contributed by atoms with Crippen molar-refractivity contribution in [2.75, 3.05) is 18.9 Å². The Morgan fingerprint density at radius 2 is 1.94 bits per heavy atom. The average Bonchev–Trinajstić information content (AvgIpc) is 3.19. The average molecular weight is 467 g/mol. The van der Waals surface area contributed by atoms with E-state index in [2.05, 4.69) is 22.2 Å². The highest BCUT2D eigenvalue weighted by atomic mass is 35.5. The predicted octanol–water partition coefficient (Wildman–Crippen LogP) is 4.94. The number of aromatic amines is 1. The van der Waals surface area contributed by atoms with Crippen LogP contribution in [0, 0.1) is 0 Å². The van der Waals surface area contributed by atoms with Crippen LogP contribution >= 0.6 is 22.9 Å². The lowest BCUT2D eigenvalue weighted by atomic mass is 10.1. The van der Waals surface area contributed by atoms with Gasteiger partial charge in [-0.15, -0.1) is 11.3 Å². The summed E-state index contributed by atoms with van der Waals surface area (Å²) in [4.78, 5) is 35.3. The van der Waals surface area contributed by atoms with E-state index < -0.39 is 0 Å². The Labute approximate surface area is 194 Å². The second kappa shape index (κ2) is 9.65. The molecule has 2 aromatic carbocycles. The second-order valence-electron chi connectivity index (χ2n) is 7.58. The van der Waals surface area contributed by atoms with Gasteiger partial charge >= 0.3 is 0 Å². The molecule has 32 heavy (non-hydrogen) atoms. The van der Waals surface area contributed by atoms with Gasteiger partial charge in [0.05, 0.1) is 18.5 Å². The van der Waals surface area contributed by atoms with Gasteiger partial charge in [0.1, 0.15) is 10.7 Å². The Kier molecular flexibility index (Phi) is 6.69. The molecule has 0 saturated carbocycles. The van der Waals surface area contributed by atoms with E-state index in [1.165, 1.54) is 11.3 Å². The number of aromatic nitrogens is 2. The lowest BCUT2D eigenvalue weighted by Gasteiger charge is -2.16. The number of H-pyrrole nitrogens is 1. The molecule has 2 aromatic heterocycles. The third-order valence-corrected chi connectivity index (χ3v) is 6.28. The highest BCUT2D eigenvalue weighted by Gasteiger charge is 2.15. The van der Waals surface area contributed by atoms with Gasteiger partial charge in [0.25, 0.3) is 5.56 Å². The zero-order valence-corrected chi connectivity index (χ0v) is 19.4. The van der Waals surface area contributed by atoms with E-state index in [9.17, 15) is 9.59 Å². The zero-order chi connectivity index (χ0) is 22.7. The van der Waals surface area contributed by atoms with E-state index in [0.29, 0.717) is 27.6 Å². The van der Waals surface area contributed by atoms with E-state index in [1.54, 1.807) is 12.1 Å². The molecule has 0 aliphatic heterocycles. The third kappa shape index (κ3) is 4.91. The van der Waals surface area contributed by atoms with Gasteiger partial charge in [-0.25, -0.2) is 4.98 Å². The van der Waals surface area contributed by atoms with Gasteiger partial charge in [0, 0.05) is 21.7 Å². The molecule has 0 saturated heterocycles. The minimum absolute atomic E-state index is 0.113. The maximum absolute atomic E-state index is 12.8. The minimum Gasteiger partial charge on any atom is -0.325 e. The highest BCUT2D eigenvalue weighted by molar-refractivity contribution is 7.17. The predicted molar refractivity (Wildman–Crippen MR) is 131 cm³/mol. The van der Waals surface area contributed by atoms with Gasteiger partial charge in [-0.2, -0.15) is 0 Å². The van der Waals surface area contributed by atoms with Crippen LogP contribution in [0.15, 0.2) is 58.7 Å². The normalized spacial score (nSPS) is 11.2. The first-order valence-electron chi connectivity index (χ1n) is 10.3. The Balaban J connectivity index is 1.48. The smallest absolute Gasteiger partial charge is 0.260 e. The van der Waals surface area contributed by atoms with Gasteiger partial charge in [0.15, 0.2) is 0 Å². The summed E-state index contributed by atoms with van der Waals surface area (Å²) in [6.45, 7) is 2.58. The van der Waals surface area contributed by atoms with Crippen LogP contribution in [0.4, 0.5) is 5.69 Å². The number of carbonyl (C=O) groups excluding carboxylic acids is 1. The number of hydrogen-bond acceptors (Lipinski definition) is 5. The van der Waals surface area contributed by atoms with Crippen LogP contribution in [-0.4, -0.2) is 34.4 Å². The summed E-state index contributed by atoms with van der Waals surface area (Å²) in [7, 11) is 1.82. The Morgan fingerprint density at radius 3 is 2.69 bits per heavy atom. The molecular weight excluding hydrogens is 444 g/mol. The number of rotatable bonds is 7. The van der Waals surface area contributed by atoms with Crippen LogP contribution in [0.1, 0.15) is 18.3 Å². The number of para-hydroxylation sites is 1. The SMILES string of the molecule is CCc1ccccc1NC(=O)CN(C)Cc1nc2scc(-c3ccc(Cl)cc3)c2c(=O)[nH]1. The number of amides is 1. The van der Waals surface area contributed by atoms with E-state index >= 15 is 0 Å². The lowest BCUT2D eigenvalue weighted by Crippen LogP contribution is -2.31. The fourth-order valence-corrected chi connectivity index (χ4v) is 4.70. The largest absolute Gasteiger partial charge is 0.325 e. The topological polar surface area (TPSA) is 78.1 Å². The fraction of sp³-hybridized carbons (Fsp3) is 0.208. The number of carbonyl (C=O) groups is 1. The van der Waals surface area contributed by atoms with Crippen molar-refractivity contribution in [2.24, 2.45) is 0 Å². The van der Waals surface area contributed by atoms with Crippen LogP contribution in [0.2, 0.25) is 5.02 Å². The van der Waals surface area contributed by atoms with E-state index in [1.807, 2.05) is 53.7 Å². The summed E-state index contributed by atoms with van der Waals surface area (Å²) in [5.41, 5.74) is 3.49. The molecule has 8 heteroatoms. The van der Waals surface area contributed by atoms with Crippen molar-refractivity contribution in [3.05, 3.63) is 80.7 Å². The van der Waals surface area contributed by atoms with Crippen molar-refractivity contribution >= 4 is 44.7 Å². The Bertz CT molecular complexity index is 1310. The number of likely N-dealkylation sites (N-methyl/N-ethyl adjacent to an activating group) is 1. The molecule has 0 radical (unpaired) electrons. The molecule has 0 aliphatic rings. The number of halogens is 1. The quantitative estimate of drug-likeness (QED) is 0.404. The molecule has 4 aromatic rings. The summed E-state index contributed by atoms with van der Waals surface area (Å²) in [6.07, 6.45) is 0.844. The summed E-state index contributed by atoms with van der Waals surface area (Å²) in [5, 5.41) is 6.11. The molecule has 6 nitrogen and oxygen atoms in total. The van der Waals surface area contributed by atoms with Crippen molar-refractivity contribution < 1.29 is 4.79 Å². The maximum Gasteiger partial charge on any atom is 0.260 e. The molecular formula is C24H23ClN4O2S. The maximum atomic E-state index is 12.8. The number of nitrogens with zero attached hydrogens (tertiary/aromatic N) is 2. The Morgan fingerprint density at radius 1 is 1.19 bits per heavy atom. The fourth-order valence-electron chi connectivity index (χ4n) is 3.61. The molecule has 164 valence electrons. The van der Waals surface area contributed by atoms with Gasteiger partial charge < -0.3 is 10.3 Å². The van der Waals surface area contributed by atoms with Gasteiger partial charge in [0.2, 0.25) is 5.91 Å². The van der Waals surface area contributed by atoms with E-state index in [-0.39, 0.29) is 18.0 Å². The van der Waals surface area contributed by atoms with Gasteiger partial charge in [-0.3, -0.25) is 14.5 Å². The number of thiophene rings is 1. The molecule has 4 rings (SSSR count). The van der Waals surface area contributed by atoms with Crippen LogP contribution < -0.4 is 10.9 Å². The number of fused-ring (bicyclic) bond motifs is 1. The molecule has 0 spiro atoms. The van der Waals surface area contributed by atoms with Crippen LogP contribution in [-0.2, 0) is 17.8 Å². The molecule has 2 N–H and O–H groups in total. The third-order valence-electron chi connectivity index (χ3n) is 5.15. The van der Waals surface area contributed by atoms with Crippen molar-refractivity contribution in [2.45, 2.75) is 19.9 Å². The van der Waals surface area contributed by atoms with Crippen LogP contribution in [0.3, 0.4) is 0 Å². The monoisotopic (exact) mass is 466 g/mol. The van der Waals surface area contributed by atoms with Crippen molar-refractivity contribution in [1.29, 1.82) is 0 Å². The molecule has 0 atom stereocenters. The molecule has 1 amide bonds. The zero-order valence-electron chi connectivity index (χ0n) is 17.8. The van der Waals surface area contributed by atoms with Crippen LogP contribution in [0.5, 0.6) is 0 Å².